The van der Waals surface area contributed by atoms with Crippen LogP contribution in [0.25, 0.3) is 0 Å². The Hall–Kier alpha value is -2.36. The predicted molar refractivity (Wildman–Crippen MR) is 81.0 cm³/mol. The van der Waals surface area contributed by atoms with Crippen LogP contribution in [0, 0.1) is 19.7 Å². The second-order valence-corrected chi connectivity index (χ2v) is 5.08. The van der Waals surface area contributed by atoms with E-state index in [-0.39, 0.29) is 5.91 Å². The molecule has 2 aromatic carbocycles. The first-order valence-corrected chi connectivity index (χ1v) is 6.75. The van der Waals surface area contributed by atoms with Crippen LogP contribution in [-0.4, -0.2) is 12.0 Å². The zero-order valence-electron chi connectivity index (χ0n) is 12.3. The zero-order chi connectivity index (χ0) is 15.4. The van der Waals surface area contributed by atoms with E-state index >= 15 is 0 Å². The summed E-state index contributed by atoms with van der Waals surface area (Å²) in [6.45, 7) is 5.60. The summed E-state index contributed by atoms with van der Waals surface area (Å²) < 4.78 is 18.7. The Morgan fingerprint density at radius 2 is 1.81 bits per heavy atom. The average Bonchev–Trinajstić information content (AvgIpc) is 2.37. The van der Waals surface area contributed by atoms with Crippen molar-refractivity contribution in [1.29, 1.82) is 0 Å². The highest BCUT2D eigenvalue weighted by molar-refractivity contribution is 5.94. The molecule has 0 bridgehead atoms. The third-order valence-electron chi connectivity index (χ3n) is 2.97. The monoisotopic (exact) mass is 287 g/mol. The number of rotatable bonds is 4. The quantitative estimate of drug-likeness (QED) is 0.927. The van der Waals surface area contributed by atoms with Crippen LogP contribution in [0.2, 0.25) is 0 Å². The number of nitrogens with one attached hydrogen (secondary N) is 1. The van der Waals surface area contributed by atoms with Crippen molar-refractivity contribution in [2.45, 2.75) is 26.9 Å². The van der Waals surface area contributed by atoms with E-state index in [9.17, 15) is 9.18 Å². The fourth-order valence-electron chi connectivity index (χ4n) is 2.07. The van der Waals surface area contributed by atoms with Crippen molar-refractivity contribution in [2.24, 2.45) is 0 Å². The van der Waals surface area contributed by atoms with E-state index in [1.807, 2.05) is 32.0 Å². The van der Waals surface area contributed by atoms with Crippen LogP contribution in [0.1, 0.15) is 18.1 Å². The topological polar surface area (TPSA) is 38.3 Å². The first kappa shape index (κ1) is 15.0. The SMILES string of the molecule is Cc1cc(C)cc(O[C@H](C)C(=O)Nc2cccc(F)c2)c1. The van der Waals surface area contributed by atoms with Crippen LogP contribution in [0.15, 0.2) is 42.5 Å². The lowest BCUT2D eigenvalue weighted by Gasteiger charge is -2.15. The first-order valence-electron chi connectivity index (χ1n) is 6.75. The highest BCUT2D eigenvalue weighted by atomic mass is 19.1. The summed E-state index contributed by atoms with van der Waals surface area (Å²) in [5.74, 6) is -0.0650. The molecule has 1 amide bonds. The van der Waals surface area contributed by atoms with Crippen LogP contribution in [0.5, 0.6) is 5.75 Å². The molecule has 3 nitrogen and oxygen atoms in total. The number of carbonyl (C=O) groups is 1. The van der Waals surface area contributed by atoms with Crippen molar-refractivity contribution >= 4 is 11.6 Å². The summed E-state index contributed by atoms with van der Waals surface area (Å²) in [5.41, 5.74) is 2.56. The Balaban J connectivity index is 2.02. The van der Waals surface area contributed by atoms with E-state index in [2.05, 4.69) is 5.32 Å². The zero-order valence-corrected chi connectivity index (χ0v) is 12.3. The molecule has 1 N–H and O–H groups in total. The normalized spacial score (nSPS) is 11.8. The number of carbonyl (C=O) groups excluding carboxylic acids is 1. The first-order chi connectivity index (χ1) is 9.94. The Bertz CT molecular complexity index is 635. The maximum Gasteiger partial charge on any atom is 0.265 e. The van der Waals surface area contributed by atoms with Crippen LogP contribution in [0.4, 0.5) is 10.1 Å². The summed E-state index contributed by atoms with van der Waals surface area (Å²) >= 11 is 0. The highest BCUT2D eigenvalue weighted by Crippen LogP contribution is 2.18. The van der Waals surface area contributed by atoms with Crippen molar-refractivity contribution in [3.05, 3.63) is 59.4 Å². The minimum atomic E-state index is -0.672. The lowest BCUT2D eigenvalue weighted by Crippen LogP contribution is -2.30. The fraction of sp³-hybridized carbons (Fsp3) is 0.235. The van der Waals surface area contributed by atoms with Crippen LogP contribution < -0.4 is 10.1 Å². The van der Waals surface area contributed by atoms with Gasteiger partial charge in [-0.25, -0.2) is 4.39 Å². The van der Waals surface area contributed by atoms with Crippen LogP contribution >= 0.6 is 0 Å². The smallest absolute Gasteiger partial charge is 0.265 e. The number of aryl methyl sites for hydroxylation is 2. The van der Waals surface area contributed by atoms with Gasteiger partial charge in [0, 0.05) is 5.69 Å². The van der Waals surface area contributed by atoms with E-state index in [1.165, 1.54) is 12.1 Å². The number of amides is 1. The van der Waals surface area contributed by atoms with Gasteiger partial charge in [0.1, 0.15) is 11.6 Å². The molecule has 0 aliphatic heterocycles. The molecule has 0 unspecified atom stereocenters. The Morgan fingerprint density at radius 3 is 2.43 bits per heavy atom. The van der Waals surface area contributed by atoms with Gasteiger partial charge >= 0.3 is 0 Å². The lowest BCUT2D eigenvalue weighted by atomic mass is 10.1. The van der Waals surface area contributed by atoms with Gasteiger partial charge in [-0.1, -0.05) is 12.1 Å². The lowest BCUT2D eigenvalue weighted by molar-refractivity contribution is -0.122. The van der Waals surface area contributed by atoms with E-state index in [1.54, 1.807) is 19.1 Å². The van der Waals surface area contributed by atoms with Gasteiger partial charge in [0.05, 0.1) is 0 Å². The molecule has 0 aromatic heterocycles. The molecule has 2 rings (SSSR count). The van der Waals surface area contributed by atoms with Crippen molar-refractivity contribution < 1.29 is 13.9 Å². The summed E-state index contributed by atoms with van der Waals surface area (Å²) in [5, 5.41) is 2.63. The predicted octanol–water partition coefficient (Wildman–Crippen LogP) is 3.85. The van der Waals surface area contributed by atoms with Gasteiger partial charge in [-0.15, -0.1) is 0 Å². The second kappa shape index (κ2) is 6.39. The molecule has 21 heavy (non-hydrogen) atoms. The average molecular weight is 287 g/mol. The molecule has 0 aliphatic rings. The minimum Gasteiger partial charge on any atom is -0.481 e. The Morgan fingerprint density at radius 1 is 1.14 bits per heavy atom. The van der Waals surface area contributed by atoms with E-state index in [0.29, 0.717) is 11.4 Å². The summed E-state index contributed by atoms with van der Waals surface area (Å²) in [6, 6.07) is 11.5. The number of hydrogen-bond acceptors (Lipinski definition) is 2. The molecule has 110 valence electrons. The standard InChI is InChI=1S/C17H18FNO2/c1-11-7-12(2)9-16(8-11)21-13(3)17(20)19-15-6-4-5-14(18)10-15/h4-10,13H,1-3H3,(H,19,20)/t13-/m1/s1. The summed E-state index contributed by atoms with van der Waals surface area (Å²) in [4.78, 5) is 12.0. The van der Waals surface area contributed by atoms with Gasteiger partial charge in [0.15, 0.2) is 6.10 Å². The van der Waals surface area contributed by atoms with Crippen molar-refractivity contribution in [2.75, 3.05) is 5.32 Å². The van der Waals surface area contributed by atoms with E-state index < -0.39 is 11.9 Å². The maximum atomic E-state index is 13.1. The van der Waals surface area contributed by atoms with Crippen LogP contribution in [-0.2, 0) is 4.79 Å². The number of benzene rings is 2. The third-order valence-corrected chi connectivity index (χ3v) is 2.97. The van der Waals surface area contributed by atoms with Gasteiger partial charge in [-0.2, -0.15) is 0 Å². The van der Waals surface area contributed by atoms with E-state index in [4.69, 9.17) is 4.74 Å². The number of anilines is 1. The number of halogens is 1. The summed E-state index contributed by atoms with van der Waals surface area (Å²) in [6.07, 6.45) is -0.672. The number of ether oxygens (including phenoxy) is 1. The van der Waals surface area contributed by atoms with Gasteiger partial charge in [-0.3, -0.25) is 4.79 Å². The third kappa shape index (κ3) is 4.31. The Kier molecular flexibility index (Phi) is 4.58. The van der Waals surface area contributed by atoms with E-state index in [0.717, 1.165) is 11.1 Å². The molecule has 0 saturated heterocycles. The van der Waals surface area contributed by atoms with Gasteiger partial charge in [-0.05, 0) is 62.2 Å². The minimum absolute atomic E-state index is 0.320. The fourth-order valence-corrected chi connectivity index (χ4v) is 2.07. The number of hydrogen-bond donors (Lipinski definition) is 1. The molecule has 0 radical (unpaired) electrons. The molecule has 0 heterocycles. The van der Waals surface area contributed by atoms with Crippen molar-refractivity contribution in [1.82, 2.24) is 0 Å². The van der Waals surface area contributed by atoms with Crippen molar-refractivity contribution in [3.8, 4) is 5.75 Å². The largest absolute Gasteiger partial charge is 0.481 e. The molecule has 0 spiro atoms. The molecule has 4 heteroatoms. The molecule has 0 aliphatic carbocycles. The van der Waals surface area contributed by atoms with Crippen molar-refractivity contribution in [3.63, 3.8) is 0 Å². The maximum absolute atomic E-state index is 13.1. The molecule has 2 aromatic rings. The highest BCUT2D eigenvalue weighted by Gasteiger charge is 2.15. The molecule has 0 fully saturated rings. The van der Waals surface area contributed by atoms with Crippen LogP contribution in [0.3, 0.4) is 0 Å². The molecule has 0 saturated carbocycles. The van der Waals surface area contributed by atoms with Gasteiger partial charge in [0.2, 0.25) is 0 Å². The second-order valence-electron chi connectivity index (χ2n) is 5.08. The molecular formula is C17H18FNO2. The molecular weight excluding hydrogens is 269 g/mol. The summed E-state index contributed by atoms with van der Waals surface area (Å²) in [7, 11) is 0. The van der Waals surface area contributed by atoms with Gasteiger partial charge in [0.25, 0.3) is 5.91 Å². The Labute approximate surface area is 123 Å². The van der Waals surface area contributed by atoms with Gasteiger partial charge < -0.3 is 10.1 Å². The molecule has 1 atom stereocenters.